The van der Waals surface area contributed by atoms with Gasteiger partial charge in [-0.05, 0) is 26.3 Å². The first kappa shape index (κ1) is 15.4. The predicted molar refractivity (Wildman–Crippen MR) is 68.6 cm³/mol. The quantitative estimate of drug-likeness (QED) is 0.489. The van der Waals surface area contributed by atoms with Gasteiger partial charge < -0.3 is 15.5 Å². The molecule has 3 N–H and O–H groups in total. The molecule has 4 nitrogen and oxygen atoms in total. The normalized spacial score (nSPS) is 14.9. The maximum atomic E-state index is 10.8. The zero-order valence-corrected chi connectivity index (χ0v) is 10.7. The molecule has 0 aromatic heterocycles. The van der Waals surface area contributed by atoms with Gasteiger partial charge in [-0.3, -0.25) is 4.79 Å². The molecule has 0 aliphatic rings. The second-order valence-corrected chi connectivity index (χ2v) is 4.07. The minimum absolute atomic E-state index is 0.00928. The maximum absolute atomic E-state index is 10.8. The van der Waals surface area contributed by atoms with Crippen molar-refractivity contribution in [1.29, 1.82) is 0 Å². The number of hydrogen-bond acceptors (Lipinski definition) is 3. The number of aliphatic hydroxyl groups is 2. The summed E-state index contributed by atoms with van der Waals surface area (Å²) in [5.74, 6) is -0.0674. The van der Waals surface area contributed by atoms with Crippen molar-refractivity contribution in [3.8, 4) is 0 Å². The van der Waals surface area contributed by atoms with E-state index in [9.17, 15) is 9.90 Å². The molecular formula is C13H21NO3. The second kappa shape index (κ2) is 7.68. The van der Waals surface area contributed by atoms with Crippen molar-refractivity contribution in [1.82, 2.24) is 5.32 Å². The van der Waals surface area contributed by atoms with Crippen LogP contribution in [0.1, 0.15) is 27.2 Å². The monoisotopic (exact) mass is 239 g/mol. The highest BCUT2D eigenvalue weighted by molar-refractivity contribution is 5.73. The minimum Gasteiger partial charge on any atom is -0.508 e. The Morgan fingerprint density at radius 2 is 2.06 bits per heavy atom. The molecule has 0 bridgehead atoms. The van der Waals surface area contributed by atoms with E-state index in [0.29, 0.717) is 12.0 Å². The van der Waals surface area contributed by atoms with Crippen molar-refractivity contribution >= 4 is 5.91 Å². The molecule has 0 aromatic carbocycles. The van der Waals surface area contributed by atoms with E-state index in [4.69, 9.17) is 5.11 Å². The number of nitrogens with one attached hydrogen (secondary N) is 1. The van der Waals surface area contributed by atoms with Crippen LogP contribution in [0.15, 0.2) is 35.6 Å². The molecule has 0 spiro atoms. The molecule has 1 unspecified atom stereocenters. The van der Waals surface area contributed by atoms with E-state index in [2.05, 4.69) is 11.9 Å². The van der Waals surface area contributed by atoms with Gasteiger partial charge in [-0.2, -0.15) is 0 Å². The fourth-order valence-corrected chi connectivity index (χ4v) is 1.52. The number of aliphatic hydroxyl groups excluding tert-OH is 2. The van der Waals surface area contributed by atoms with Crippen molar-refractivity contribution in [2.75, 3.05) is 6.61 Å². The third-order valence-electron chi connectivity index (χ3n) is 2.21. The van der Waals surface area contributed by atoms with Gasteiger partial charge in [-0.15, -0.1) is 0 Å². The summed E-state index contributed by atoms with van der Waals surface area (Å²) in [7, 11) is 0. The lowest BCUT2D eigenvalue weighted by molar-refractivity contribution is -0.119. The lowest BCUT2D eigenvalue weighted by Crippen LogP contribution is -2.30. The van der Waals surface area contributed by atoms with E-state index in [0.717, 1.165) is 5.57 Å². The molecular weight excluding hydrogens is 218 g/mol. The average Bonchev–Trinajstić information content (AvgIpc) is 2.17. The van der Waals surface area contributed by atoms with Gasteiger partial charge >= 0.3 is 0 Å². The van der Waals surface area contributed by atoms with E-state index in [1.54, 1.807) is 6.08 Å². The Labute approximate surface area is 102 Å². The SMILES string of the molecule is C=C/C(CO)=C(O)\C=C(/C)CC(C)NC(C)=O. The molecule has 0 rings (SSSR count). The Morgan fingerprint density at radius 1 is 1.47 bits per heavy atom. The number of rotatable bonds is 6. The molecule has 1 atom stereocenters. The topological polar surface area (TPSA) is 69.6 Å². The standard InChI is InChI=1S/C13H21NO3/c1-5-12(8-15)13(17)7-9(2)6-10(3)14-11(4)16/h5,7,10,15,17H,1,6,8H2,2-4H3,(H,14,16)/b9-7+,13-12-. The Morgan fingerprint density at radius 3 is 2.47 bits per heavy atom. The van der Waals surface area contributed by atoms with E-state index < -0.39 is 0 Å². The summed E-state index contributed by atoms with van der Waals surface area (Å²) < 4.78 is 0. The largest absolute Gasteiger partial charge is 0.508 e. The van der Waals surface area contributed by atoms with E-state index >= 15 is 0 Å². The van der Waals surface area contributed by atoms with Crippen LogP contribution in [0.25, 0.3) is 0 Å². The summed E-state index contributed by atoms with van der Waals surface area (Å²) in [5, 5.41) is 21.4. The molecule has 0 fully saturated rings. The van der Waals surface area contributed by atoms with Crippen LogP contribution in [0.2, 0.25) is 0 Å². The molecule has 0 aliphatic heterocycles. The van der Waals surface area contributed by atoms with Crippen LogP contribution in [0.3, 0.4) is 0 Å². The van der Waals surface area contributed by atoms with Crippen LogP contribution >= 0.6 is 0 Å². The highest BCUT2D eigenvalue weighted by Crippen LogP contribution is 2.10. The van der Waals surface area contributed by atoms with Crippen LogP contribution in [0.4, 0.5) is 0 Å². The van der Waals surface area contributed by atoms with Crippen molar-refractivity contribution in [3.63, 3.8) is 0 Å². The van der Waals surface area contributed by atoms with Gasteiger partial charge in [0.05, 0.1) is 6.61 Å². The summed E-state index contributed by atoms with van der Waals surface area (Å²) in [6.45, 7) is 8.46. The van der Waals surface area contributed by atoms with Crippen LogP contribution in [-0.2, 0) is 4.79 Å². The first-order chi connectivity index (χ1) is 7.90. The van der Waals surface area contributed by atoms with E-state index in [1.807, 2.05) is 13.8 Å². The molecule has 96 valence electrons. The van der Waals surface area contributed by atoms with Crippen molar-refractivity contribution in [2.45, 2.75) is 33.2 Å². The van der Waals surface area contributed by atoms with Gasteiger partial charge in [0, 0.05) is 18.5 Å². The Balaban J connectivity index is 4.59. The third-order valence-corrected chi connectivity index (χ3v) is 2.21. The Hall–Kier alpha value is -1.55. The molecule has 0 heterocycles. The molecule has 0 aromatic rings. The molecule has 0 radical (unpaired) electrons. The molecule has 0 saturated carbocycles. The molecule has 0 saturated heterocycles. The van der Waals surface area contributed by atoms with Gasteiger partial charge in [0.15, 0.2) is 0 Å². The third kappa shape index (κ3) is 6.58. The Bertz CT molecular complexity index is 343. The first-order valence-corrected chi connectivity index (χ1v) is 5.50. The Kier molecular flexibility index (Phi) is 6.98. The highest BCUT2D eigenvalue weighted by atomic mass is 16.3. The zero-order valence-electron chi connectivity index (χ0n) is 10.7. The van der Waals surface area contributed by atoms with Crippen LogP contribution in [0, 0.1) is 0 Å². The van der Waals surface area contributed by atoms with Crippen molar-refractivity contribution in [2.24, 2.45) is 0 Å². The molecule has 1 amide bonds. The zero-order chi connectivity index (χ0) is 13.4. The molecule has 0 aliphatic carbocycles. The number of allylic oxidation sites excluding steroid dienone is 1. The smallest absolute Gasteiger partial charge is 0.217 e. The van der Waals surface area contributed by atoms with Crippen LogP contribution in [-0.4, -0.2) is 28.8 Å². The lowest BCUT2D eigenvalue weighted by Gasteiger charge is -2.12. The number of carbonyl (C=O) groups is 1. The number of carbonyl (C=O) groups excluding carboxylic acids is 1. The summed E-state index contributed by atoms with van der Waals surface area (Å²) >= 11 is 0. The summed E-state index contributed by atoms with van der Waals surface area (Å²) in [6.07, 6.45) is 3.63. The van der Waals surface area contributed by atoms with Crippen LogP contribution in [0.5, 0.6) is 0 Å². The van der Waals surface area contributed by atoms with Crippen molar-refractivity contribution < 1.29 is 15.0 Å². The predicted octanol–water partition coefficient (Wildman–Crippen LogP) is 1.84. The minimum atomic E-state index is -0.250. The second-order valence-electron chi connectivity index (χ2n) is 4.07. The molecule has 4 heteroatoms. The van der Waals surface area contributed by atoms with Gasteiger partial charge in [-0.1, -0.05) is 18.2 Å². The highest BCUT2D eigenvalue weighted by Gasteiger charge is 2.05. The van der Waals surface area contributed by atoms with E-state index in [-0.39, 0.29) is 24.3 Å². The maximum Gasteiger partial charge on any atom is 0.217 e. The van der Waals surface area contributed by atoms with Gasteiger partial charge in [-0.25, -0.2) is 0 Å². The fourth-order valence-electron chi connectivity index (χ4n) is 1.52. The van der Waals surface area contributed by atoms with Crippen molar-refractivity contribution in [3.05, 3.63) is 35.6 Å². The fraction of sp³-hybridized carbons (Fsp3) is 0.462. The summed E-state index contributed by atoms with van der Waals surface area (Å²) in [4.78, 5) is 10.8. The van der Waals surface area contributed by atoms with E-state index in [1.165, 1.54) is 13.0 Å². The number of hydrogen-bond donors (Lipinski definition) is 3. The van der Waals surface area contributed by atoms with Gasteiger partial charge in [0.2, 0.25) is 5.91 Å². The summed E-state index contributed by atoms with van der Waals surface area (Å²) in [6, 6.07) is 0.0119. The number of amides is 1. The molecule has 17 heavy (non-hydrogen) atoms. The van der Waals surface area contributed by atoms with Crippen LogP contribution < -0.4 is 5.32 Å². The van der Waals surface area contributed by atoms with Gasteiger partial charge in [0.1, 0.15) is 5.76 Å². The summed E-state index contributed by atoms with van der Waals surface area (Å²) in [5.41, 5.74) is 1.30. The van der Waals surface area contributed by atoms with Gasteiger partial charge in [0.25, 0.3) is 0 Å². The lowest BCUT2D eigenvalue weighted by atomic mass is 10.1. The average molecular weight is 239 g/mol. The first-order valence-electron chi connectivity index (χ1n) is 5.50.